The van der Waals surface area contributed by atoms with Gasteiger partial charge in [0.05, 0.1) is 5.92 Å². The number of hydrogen-bond donors (Lipinski definition) is 1. The molecular weight excluding hydrogens is 600 g/mol. The van der Waals surface area contributed by atoms with Gasteiger partial charge in [-0.3, -0.25) is 19.3 Å². The van der Waals surface area contributed by atoms with Crippen LogP contribution in [-0.2, 0) is 27.2 Å². The molecule has 0 radical (unpaired) electrons. The molecule has 0 saturated carbocycles. The van der Waals surface area contributed by atoms with Gasteiger partial charge < -0.3 is 25.3 Å². The summed E-state index contributed by atoms with van der Waals surface area (Å²) in [4.78, 5) is 50.5. The summed E-state index contributed by atoms with van der Waals surface area (Å²) in [6.07, 6.45) is 5.74. The number of halogens is 1. The molecular formula is C36H51ClN6O3. The quantitative estimate of drug-likeness (QED) is 0.295. The largest absolute Gasteiger partial charge is 0.399 e. The Hall–Kier alpha value is -3.14. The van der Waals surface area contributed by atoms with Crippen molar-refractivity contribution in [3.63, 3.8) is 0 Å². The second kappa shape index (κ2) is 16.1. The SMILES string of the molecule is Cc1cc(CC(CC(=O)N2CCC(N(C=O)CCc3ccccc3N)CC2)C(=O)N2CCC(N3CCN(C)CC3)CC2)ccc1Cl. The van der Waals surface area contributed by atoms with Crippen LogP contribution < -0.4 is 5.73 Å². The average molecular weight is 651 g/mol. The van der Waals surface area contributed by atoms with E-state index in [0.717, 1.165) is 93.7 Å². The Morgan fingerprint density at radius 2 is 1.63 bits per heavy atom. The molecule has 0 bridgehead atoms. The van der Waals surface area contributed by atoms with Crippen molar-refractivity contribution >= 4 is 35.5 Å². The predicted octanol–water partition coefficient (Wildman–Crippen LogP) is 3.71. The number of nitrogens with zero attached hydrogens (tertiary/aromatic N) is 5. The van der Waals surface area contributed by atoms with E-state index in [-0.39, 0.29) is 24.3 Å². The van der Waals surface area contributed by atoms with Crippen molar-refractivity contribution in [3.8, 4) is 0 Å². The molecule has 1 atom stereocenters. The fraction of sp³-hybridized carbons (Fsp3) is 0.583. The van der Waals surface area contributed by atoms with Crippen LogP contribution in [0.15, 0.2) is 42.5 Å². The summed E-state index contributed by atoms with van der Waals surface area (Å²) in [6.45, 7) is 9.57. The van der Waals surface area contributed by atoms with Crippen LogP contribution in [0.1, 0.15) is 48.8 Å². The molecule has 3 aliphatic rings. The van der Waals surface area contributed by atoms with E-state index in [1.165, 1.54) is 0 Å². The summed E-state index contributed by atoms with van der Waals surface area (Å²) < 4.78 is 0. The first-order chi connectivity index (χ1) is 22.2. The number of aryl methyl sites for hydroxylation is 1. The number of benzene rings is 2. The highest BCUT2D eigenvalue weighted by atomic mass is 35.5. The zero-order valence-electron chi connectivity index (χ0n) is 27.6. The molecule has 3 amide bonds. The standard InChI is InChI=1S/C36H51ClN6O3/c1-27-23-28(7-8-33(27)37)24-30(36(46)42-17-12-31(13-18-42)40-21-19-39(2)20-22-40)25-35(45)41-15-10-32(11-16-41)43(26-44)14-9-29-5-3-4-6-34(29)38/h3-8,23,26,30-32H,9-22,24-25,38H2,1-2H3. The van der Waals surface area contributed by atoms with E-state index in [9.17, 15) is 14.4 Å². The molecule has 3 saturated heterocycles. The van der Waals surface area contributed by atoms with Gasteiger partial charge in [0, 0.05) is 88.1 Å². The summed E-state index contributed by atoms with van der Waals surface area (Å²) in [7, 11) is 2.17. The Morgan fingerprint density at radius 1 is 0.957 bits per heavy atom. The Kier molecular flexibility index (Phi) is 12.0. The highest BCUT2D eigenvalue weighted by molar-refractivity contribution is 6.31. The molecule has 2 aromatic rings. The first kappa shape index (κ1) is 34.2. The Bertz CT molecular complexity index is 1330. The molecule has 3 aliphatic heterocycles. The molecule has 0 aromatic heterocycles. The van der Waals surface area contributed by atoms with Gasteiger partial charge in [-0.25, -0.2) is 0 Å². The van der Waals surface area contributed by atoms with Crippen molar-refractivity contribution in [3.05, 3.63) is 64.2 Å². The van der Waals surface area contributed by atoms with E-state index in [1.54, 1.807) is 0 Å². The summed E-state index contributed by atoms with van der Waals surface area (Å²) in [5.41, 5.74) is 9.88. The minimum atomic E-state index is -0.422. The second-order valence-electron chi connectivity index (χ2n) is 13.5. The van der Waals surface area contributed by atoms with Gasteiger partial charge in [0.25, 0.3) is 0 Å². The second-order valence-corrected chi connectivity index (χ2v) is 13.9. The van der Waals surface area contributed by atoms with Crippen molar-refractivity contribution in [1.82, 2.24) is 24.5 Å². The summed E-state index contributed by atoms with van der Waals surface area (Å²) >= 11 is 6.30. The Balaban J connectivity index is 1.18. The van der Waals surface area contributed by atoms with Crippen LogP contribution in [0.25, 0.3) is 0 Å². The van der Waals surface area contributed by atoms with E-state index in [4.69, 9.17) is 17.3 Å². The maximum Gasteiger partial charge on any atom is 0.226 e. The van der Waals surface area contributed by atoms with E-state index < -0.39 is 5.92 Å². The normalized spacial score (nSPS) is 19.6. The van der Waals surface area contributed by atoms with Crippen LogP contribution in [0.5, 0.6) is 0 Å². The minimum Gasteiger partial charge on any atom is -0.399 e. The topological polar surface area (TPSA) is 93.4 Å². The third-order valence-corrected chi connectivity index (χ3v) is 10.8. The van der Waals surface area contributed by atoms with Gasteiger partial charge in [-0.05, 0) is 81.3 Å². The summed E-state index contributed by atoms with van der Waals surface area (Å²) in [5.74, 6) is -0.321. The van der Waals surface area contributed by atoms with Crippen LogP contribution in [0, 0.1) is 12.8 Å². The number of carbonyl (C=O) groups excluding carboxylic acids is 3. The number of likely N-dealkylation sites (tertiary alicyclic amines) is 2. The van der Waals surface area contributed by atoms with Gasteiger partial charge in [-0.1, -0.05) is 41.9 Å². The molecule has 2 aromatic carbocycles. The lowest BCUT2D eigenvalue weighted by molar-refractivity contribution is -0.143. The van der Waals surface area contributed by atoms with Gasteiger partial charge in [0.1, 0.15) is 0 Å². The molecule has 1 unspecified atom stereocenters. The van der Waals surface area contributed by atoms with Crippen LogP contribution in [-0.4, -0.2) is 121 Å². The summed E-state index contributed by atoms with van der Waals surface area (Å²) in [5, 5.41) is 0.702. The number of carbonyl (C=O) groups is 3. The Labute approximate surface area is 279 Å². The van der Waals surface area contributed by atoms with Gasteiger partial charge >= 0.3 is 0 Å². The fourth-order valence-corrected chi connectivity index (χ4v) is 7.50. The number of anilines is 1. The number of amides is 3. The highest BCUT2D eigenvalue weighted by Gasteiger charge is 2.34. The number of piperidine rings is 2. The van der Waals surface area contributed by atoms with Crippen molar-refractivity contribution in [2.45, 2.75) is 64.0 Å². The first-order valence-corrected chi connectivity index (χ1v) is 17.4. The molecule has 0 spiro atoms. The number of nitrogens with two attached hydrogens (primary N) is 1. The van der Waals surface area contributed by atoms with Gasteiger partial charge in [-0.2, -0.15) is 0 Å². The monoisotopic (exact) mass is 650 g/mol. The molecule has 10 heteroatoms. The average Bonchev–Trinajstić information content (AvgIpc) is 3.07. The number of hydrogen-bond acceptors (Lipinski definition) is 6. The molecule has 2 N–H and O–H groups in total. The summed E-state index contributed by atoms with van der Waals surface area (Å²) in [6, 6.07) is 14.3. The van der Waals surface area contributed by atoms with Gasteiger partial charge in [-0.15, -0.1) is 0 Å². The maximum atomic E-state index is 14.0. The van der Waals surface area contributed by atoms with Crippen LogP contribution in [0.4, 0.5) is 5.69 Å². The molecule has 5 rings (SSSR count). The van der Waals surface area contributed by atoms with Crippen molar-refractivity contribution in [1.29, 1.82) is 0 Å². The lowest BCUT2D eigenvalue weighted by Crippen LogP contribution is -2.53. The van der Waals surface area contributed by atoms with Crippen molar-refractivity contribution < 1.29 is 14.4 Å². The maximum absolute atomic E-state index is 14.0. The van der Waals surface area contributed by atoms with E-state index in [0.29, 0.717) is 43.5 Å². The third-order valence-electron chi connectivity index (χ3n) is 10.4. The molecule has 250 valence electrons. The van der Waals surface area contributed by atoms with Crippen LogP contribution in [0.3, 0.4) is 0 Å². The fourth-order valence-electron chi connectivity index (χ4n) is 7.38. The van der Waals surface area contributed by atoms with Gasteiger partial charge in [0.2, 0.25) is 18.2 Å². The third kappa shape index (κ3) is 8.81. The first-order valence-electron chi connectivity index (χ1n) is 17.0. The van der Waals surface area contributed by atoms with Crippen molar-refractivity contribution in [2.24, 2.45) is 5.92 Å². The van der Waals surface area contributed by atoms with Gasteiger partial charge in [0.15, 0.2) is 0 Å². The van der Waals surface area contributed by atoms with Crippen LogP contribution in [0.2, 0.25) is 5.02 Å². The number of rotatable bonds is 11. The molecule has 0 aliphatic carbocycles. The molecule has 46 heavy (non-hydrogen) atoms. The lowest BCUT2D eigenvalue weighted by atomic mass is 9.91. The van der Waals surface area contributed by atoms with E-state index in [1.807, 2.05) is 64.1 Å². The Morgan fingerprint density at radius 3 is 2.28 bits per heavy atom. The minimum absolute atomic E-state index is 0.0181. The zero-order chi connectivity index (χ0) is 32.6. The lowest BCUT2D eigenvalue weighted by Gasteiger charge is -2.42. The smallest absolute Gasteiger partial charge is 0.226 e. The number of piperazine rings is 1. The van der Waals surface area contributed by atoms with E-state index >= 15 is 0 Å². The van der Waals surface area contributed by atoms with E-state index in [2.05, 4.69) is 16.8 Å². The highest BCUT2D eigenvalue weighted by Crippen LogP contribution is 2.26. The van der Waals surface area contributed by atoms with Crippen molar-refractivity contribution in [2.75, 3.05) is 71.7 Å². The predicted molar refractivity (Wildman–Crippen MR) is 184 cm³/mol. The zero-order valence-corrected chi connectivity index (χ0v) is 28.3. The van der Waals surface area contributed by atoms with Crippen LogP contribution >= 0.6 is 11.6 Å². The number of para-hydroxylation sites is 1. The number of likely N-dealkylation sites (N-methyl/N-ethyl adjacent to an activating group) is 1. The number of nitrogen functional groups attached to an aromatic ring is 1. The molecule has 3 fully saturated rings. The molecule has 9 nitrogen and oxygen atoms in total. The molecule has 3 heterocycles.